The predicted octanol–water partition coefficient (Wildman–Crippen LogP) is 11.5. The molecule has 3 aromatic heterocycles. The number of hydrogen-bond donors (Lipinski definition) is 0. The molecule has 232 valence electrons. The van der Waals surface area contributed by atoms with Gasteiger partial charge in [0.1, 0.15) is 35.1 Å². The van der Waals surface area contributed by atoms with E-state index in [9.17, 15) is 0 Å². The molecular weight excluding hydrogens is 588 g/mol. The Balaban J connectivity index is 1.26. The maximum absolute atomic E-state index is 7.12. The van der Waals surface area contributed by atoms with Gasteiger partial charge >= 0.3 is 0 Å². The van der Waals surface area contributed by atoms with E-state index in [1.165, 1.54) is 55.0 Å². The van der Waals surface area contributed by atoms with Gasteiger partial charge in [0, 0.05) is 50.3 Å². The molecule has 0 spiro atoms. The van der Waals surface area contributed by atoms with Gasteiger partial charge < -0.3 is 13.7 Å². The number of para-hydroxylation sites is 2. The molecule has 4 heteroatoms. The summed E-state index contributed by atoms with van der Waals surface area (Å²) in [6, 6.07) is 37.1. The minimum Gasteiger partial charge on any atom is -0.455 e. The minimum atomic E-state index is 0.0857. The van der Waals surface area contributed by atoms with Crippen LogP contribution in [0.25, 0.3) is 82.2 Å². The lowest BCUT2D eigenvalue weighted by atomic mass is 9.81. The van der Waals surface area contributed by atoms with Crippen LogP contribution >= 0.6 is 0 Å². The molecule has 0 fully saturated rings. The third-order valence-electron chi connectivity index (χ3n) is 10.3. The molecule has 0 unspecified atom stereocenters. The summed E-state index contributed by atoms with van der Waals surface area (Å²) < 4.78 is 18.6. The molecule has 0 N–H and O–H groups in total. The third kappa shape index (κ3) is 3.69. The highest BCUT2D eigenvalue weighted by Crippen LogP contribution is 2.53. The Morgan fingerprint density at radius 3 is 2.06 bits per heavy atom. The molecule has 4 heterocycles. The fourth-order valence-electron chi connectivity index (χ4n) is 8.33. The zero-order valence-electron chi connectivity index (χ0n) is 27.8. The number of aryl methyl sites for hydroxylation is 2. The first-order valence-electron chi connectivity index (χ1n) is 16.8. The number of nitrogens with zero attached hydrogens (tertiary/aromatic N) is 2. The van der Waals surface area contributed by atoms with E-state index in [0.29, 0.717) is 0 Å². The second-order valence-electron chi connectivity index (χ2n) is 14.7. The molecule has 0 saturated carbocycles. The van der Waals surface area contributed by atoms with Crippen molar-refractivity contribution in [3.05, 3.63) is 120 Å². The third-order valence-corrected chi connectivity index (χ3v) is 10.3. The number of hydrogen-bond acceptors (Lipinski definition) is 2. The van der Waals surface area contributed by atoms with Gasteiger partial charge in [0.15, 0.2) is 6.20 Å². The zero-order valence-corrected chi connectivity index (χ0v) is 27.8. The van der Waals surface area contributed by atoms with Crippen molar-refractivity contribution in [1.29, 1.82) is 0 Å². The number of furan rings is 1. The van der Waals surface area contributed by atoms with Crippen LogP contribution in [0.3, 0.4) is 0 Å². The van der Waals surface area contributed by atoms with E-state index in [1.54, 1.807) is 0 Å². The maximum Gasteiger partial charge on any atom is 0.228 e. The molecule has 1 aliphatic rings. The first kappa shape index (κ1) is 27.5. The number of rotatable bonds is 2. The summed E-state index contributed by atoms with van der Waals surface area (Å²) in [5.74, 6) is 1.87. The van der Waals surface area contributed by atoms with Crippen LogP contribution in [0.1, 0.15) is 31.9 Å². The molecule has 48 heavy (non-hydrogen) atoms. The second-order valence-corrected chi connectivity index (χ2v) is 14.7. The van der Waals surface area contributed by atoms with Gasteiger partial charge in [-0.1, -0.05) is 81.4 Å². The van der Waals surface area contributed by atoms with Gasteiger partial charge in [-0.15, -0.1) is 0 Å². The Morgan fingerprint density at radius 2 is 1.35 bits per heavy atom. The van der Waals surface area contributed by atoms with E-state index >= 15 is 0 Å². The van der Waals surface area contributed by atoms with Gasteiger partial charge in [0.25, 0.3) is 0 Å². The summed E-state index contributed by atoms with van der Waals surface area (Å²) in [5.41, 5.74) is 10.2. The maximum atomic E-state index is 7.12. The highest BCUT2D eigenvalue weighted by molar-refractivity contribution is 6.20. The fourth-order valence-corrected chi connectivity index (χ4v) is 8.33. The highest BCUT2D eigenvalue weighted by Gasteiger charge is 2.35. The van der Waals surface area contributed by atoms with E-state index < -0.39 is 0 Å². The normalized spacial score (nSPS) is 12.9. The Kier molecular flexibility index (Phi) is 5.43. The molecule has 4 nitrogen and oxygen atoms in total. The molecular formula is C44H35N2O2+. The summed E-state index contributed by atoms with van der Waals surface area (Å²) in [6.45, 7) is 9.16. The second kappa shape index (κ2) is 9.48. The van der Waals surface area contributed by atoms with Crippen LogP contribution in [0.5, 0.6) is 11.5 Å². The fraction of sp³-hybridized carbons (Fsp3) is 0.159. The highest BCUT2D eigenvalue weighted by atomic mass is 16.5. The number of ether oxygens (including phenoxy) is 1. The molecule has 6 aromatic carbocycles. The smallest absolute Gasteiger partial charge is 0.228 e. The van der Waals surface area contributed by atoms with Crippen LogP contribution in [0.4, 0.5) is 0 Å². The van der Waals surface area contributed by atoms with Crippen molar-refractivity contribution < 1.29 is 13.7 Å². The predicted molar refractivity (Wildman–Crippen MR) is 198 cm³/mol. The van der Waals surface area contributed by atoms with Gasteiger partial charge in [-0.25, -0.2) is 4.57 Å². The first-order valence-corrected chi connectivity index (χ1v) is 16.8. The molecule has 10 rings (SSSR count). The molecule has 0 aliphatic carbocycles. The quantitative estimate of drug-likeness (QED) is 0.179. The molecule has 0 saturated heterocycles. The van der Waals surface area contributed by atoms with Crippen molar-refractivity contribution in [3.8, 4) is 28.4 Å². The standard InChI is InChI=1S/C44H35N2O2/c1-25-27-12-6-7-13-28(27)34(24-44(2,3)4)43-39(25)41-40-32(20-21-45(41)5)42-33(23-38(40)48-43)31-19-18-26(22-37(31)47-42)46-35-16-10-8-14-29(35)30-15-9-11-17-36(30)46/h6-23H,24H2,1-5H3/q+1. The lowest BCUT2D eigenvalue weighted by molar-refractivity contribution is -0.659. The van der Waals surface area contributed by atoms with Gasteiger partial charge in [-0.2, -0.15) is 0 Å². The Morgan fingerprint density at radius 1 is 0.688 bits per heavy atom. The van der Waals surface area contributed by atoms with Crippen molar-refractivity contribution >= 4 is 65.3 Å². The van der Waals surface area contributed by atoms with Gasteiger partial charge in [0.05, 0.1) is 16.6 Å². The monoisotopic (exact) mass is 623 g/mol. The van der Waals surface area contributed by atoms with Crippen molar-refractivity contribution in [2.75, 3.05) is 0 Å². The summed E-state index contributed by atoms with van der Waals surface area (Å²) in [4.78, 5) is 0. The molecule has 0 radical (unpaired) electrons. The zero-order chi connectivity index (χ0) is 32.5. The van der Waals surface area contributed by atoms with Crippen molar-refractivity contribution in [3.63, 3.8) is 0 Å². The van der Waals surface area contributed by atoms with Gasteiger partial charge in [-0.05, 0) is 65.4 Å². The van der Waals surface area contributed by atoms with Crippen LogP contribution in [0.15, 0.2) is 114 Å². The average molecular weight is 624 g/mol. The topological polar surface area (TPSA) is 31.2 Å². The Labute approximate surface area is 278 Å². The molecule has 0 amide bonds. The summed E-state index contributed by atoms with van der Waals surface area (Å²) in [7, 11) is 2.15. The number of fused-ring (bicyclic) bond motifs is 10. The average Bonchev–Trinajstić information content (AvgIpc) is 3.62. The molecule has 9 aromatic rings. The largest absolute Gasteiger partial charge is 0.455 e. The van der Waals surface area contributed by atoms with E-state index in [2.05, 4.69) is 153 Å². The first-order chi connectivity index (χ1) is 23.3. The van der Waals surface area contributed by atoms with Crippen LogP contribution in [0.2, 0.25) is 0 Å². The van der Waals surface area contributed by atoms with Crippen LogP contribution in [-0.4, -0.2) is 4.57 Å². The molecule has 0 atom stereocenters. The van der Waals surface area contributed by atoms with Crippen molar-refractivity contribution in [2.24, 2.45) is 12.5 Å². The summed E-state index contributed by atoms with van der Waals surface area (Å²) in [6.07, 6.45) is 3.08. The van der Waals surface area contributed by atoms with Crippen LogP contribution in [-0.2, 0) is 13.5 Å². The molecule has 0 bridgehead atoms. The SMILES string of the molecule is Cc1c2c(c(CC(C)(C)C)c3ccccc13)Oc1cc3c4ccc(-n5c6ccccc6c6ccccc65)cc4oc3c3cc[n+](C)c-2c13. The Hall–Kier alpha value is -5.61. The van der Waals surface area contributed by atoms with Crippen molar-refractivity contribution in [1.82, 2.24) is 4.57 Å². The van der Waals surface area contributed by atoms with E-state index in [4.69, 9.17) is 9.15 Å². The van der Waals surface area contributed by atoms with E-state index in [-0.39, 0.29) is 5.41 Å². The van der Waals surface area contributed by atoms with E-state index in [1.807, 2.05) is 0 Å². The van der Waals surface area contributed by atoms with Crippen LogP contribution in [0, 0.1) is 12.3 Å². The summed E-state index contributed by atoms with van der Waals surface area (Å²) in [5, 5.41) is 9.37. The minimum absolute atomic E-state index is 0.0857. The molecule has 1 aliphatic heterocycles. The van der Waals surface area contributed by atoms with E-state index in [0.717, 1.165) is 56.3 Å². The Bertz CT molecular complexity index is 2790. The number of benzene rings is 6. The lowest BCUT2D eigenvalue weighted by Crippen LogP contribution is -2.32. The number of pyridine rings is 1. The van der Waals surface area contributed by atoms with Crippen molar-refractivity contribution in [2.45, 2.75) is 34.1 Å². The van der Waals surface area contributed by atoms with Crippen LogP contribution < -0.4 is 9.30 Å². The van der Waals surface area contributed by atoms with Gasteiger partial charge in [-0.3, -0.25) is 0 Å². The lowest BCUT2D eigenvalue weighted by Gasteiger charge is -2.28. The number of aromatic nitrogens is 2. The summed E-state index contributed by atoms with van der Waals surface area (Å²) >= 11 is 0. The van der Waals surface area contributed by atoms with Gasteiger partial charge in [0.2, 0.25) is 5.69 Å².